The molecule has 0 spiro atoms. The third-order valence-corrected chi connectivity index (χ3v) is 5.01. The van der Waals surface area contributed by atoms with Crippen molar-refractivity contribution >= 4 is 11.9 Å². The molecule has 4 heteroatoms. The summed E-state index contributed by atoms with van der Waals surface area (Å²) in [6, 6.07) is 0. The number of hydrogen-bond acceptors (Lipinski definition) is 4. The van der Waals surface area contributed by atoms with E-state index in [0.29, 0.717) is 19.6 Å². The normalized spacial score (nSPS) is 11.5. The van der Waals surface area contributed by atoms with Crippen molar-refractivity contribution in [2.45, 2.75) is 111 Å². The highest BCUT2D eigenvalue weighted by molar-refractivity contribution is 5.72. The van der Waals surface area contributed by atoms with E-state index < -0.39 is 0 Å². The van der Waals surface area contributed by atoms with Crippen molar-refractivity contribution in [3.8, 4) is 0 Å². The van der Waals surface area contributed by atoms with Crippen molar-refractivity contribution < 1.29 is 19.1 Å². The van der Waals surface area contributed by atoms with E-state index >= 15 is 0 Å². The van der Waals surface area contributed by atoms with Crippen molar-refractivity contribution in [2.75, 3.05) is 13.2 Å². The molecule has 0 aromatic rings. The number of carbonyl (C=O) groups is 2. The van der Waals surface area contributed by atoms with E-state index in [-0.39, 0.29) is 24.8 Å². The second kappa shape index (κ2) is 21.4. The zero-order valence-corrected chi connectivity index (χ0v) is 20.5. The van der Waals surface area contributed by atoms with Gasteiger partial charge in [-0.15, -0.1) is 0 Å². The van der Waals surface area contributed by atoms with Crippen LogP contribution < -0.4 is 0 Å². The lowest BCUT2D eigenvalue weighted by molar-refractivity contribution is -0.144. The Hall–Kier alpha value is -1.84. The van der Waals surface area contributed by atoms with Gasteiger partial charge in [-0.3, -0.25) is 9.59 Å². The molecule has 0 atom stereocenters. The molecule has 31 heavy (non-hydrogen) atoms. The molecule has 0 aromatic heterocycles. The van der Waals surface area contributed by atoms with Gasteiger partial charge in [0.1, 0.15) is 13.2 Å². The van der Waals surface area contributed by atoms with Crippen LogP contribution in [0.5, 0.6) is 0 Å². The molecule has 0 aliphatic carbocycles. The summed E-state index contributed by atoms with van der Waals surface area (Å²) < 4.78 is 10.4. The first-order valence-corrected chi connectivity index (χ1v) is 12.2. The summed E-state index contributed by atoms with van der Waals surface area (Å²) in [7, 11) is 0. The lowest BCUT2D eigenvalue weighted by atomic mass is 10.1. The lowest BCUT2D eigenvalue weighted by Crippen LogP contribution is -2.08. The number of esters is 2. The van der Waals surface area contributed by atoms with E-state index in [1.54, 1.807) is 0 Å². The van der Waals surface area contributed by atoms with Gasteiger partial charge in [0.15, 0.2) is 0 Å². The molecule has 0 saturated carbocycles. The number of unbranched alkanes of at least 4 members (excludes halogenated alkanes) is 7. The SMILES string of the molecule is CCCCCCCCC/C=C/COC(=O)CCCC(=O)OC/C=C(\C)CCC=C(C)C. The van der Waals surface area contributed by atoms with Crippen LogP contribution in [0.2, 0.25) is 0 Å². The van der Waals surface area contributed by atoms with E-state index in [1.807, 2.05) is 19.1 Å². The van der Waals surface area contributed by atoms with E-state index in [9.17, 15) is 9.59 Å². The molecule has 0 bridgehead atoms. The van der Waals surface area contributed by atoms with E-state index in [0.717, 1.165) is 19.3 Å². The van der Waals surface area contributed by atoms with Crippen LogP contribution in [0, 0.1) is 0 Å². The van der Waals surface area contributed by atoms with Crippen molar-refractivity contribution in [3.05, 3.63) is 35.5 Å². The van der Waals surface area contributed by atoms with Gasteiger partial charge in [0.05, 0.1) is 0 Å². The zero-order valence-electron chi connectivity index (χ0n) is 20.5. The van der Waals surface area contributed by atoms with Crippen LogP contribution in [-0.2, 0) is 19.1 Å². The summed E-state index contributed by atoms with van der Waals surface area (Å²) in [6.07, 6.45) is 21.3. The molecular formula is C27H46O4. The topological polar surface area (TPSA) is 52.6 Å². The summed E-state index contributed by atoms with van der Waals surface area (Å²) >= 11 is 0. The van der Waals surface area contributed by atoms with Gasteiger partial charge in [0, 0.05) is 12.8 Å². The Labute approximate surface area is 191 Å². The molecule has 0 aromatic carbocycles. The molecule has 0 rings (SSSR count). The van der Waals surface area contributed by atoms with Crippen molar-refractivity contribution in [1.29, 1.82) is 0 Å². The highest BCUT2D eigenvalue weighted by atomic mass is 16.5. The average Bonchev–Trinajstić information content (AvgIpc) is 2.71. The molecule has 0 saturated heterocycles. The number of allylic oxidation sites excluding steroid dienone is 4. The van der Waals surface area contributed by atoms with Gasteiger partial charge in [-0.2, -0.15) is 0 Å². The molecule has 4 nitrogen and oxygen atoms in total. The first kappa shape index (κ1) is 29.2. The fourth-order valence-electron chi connectivity index (χ4n) is 3.04. The van der Waals surface area contributed by atoms with Crippen LogP contribution in [0.25, 0.3) is 0 Å². The largest absolute Gasteiger partial charge is 0.461 e. The Kier molecular flexibility index (Phi) is 20.1. The van der Waals surface area contributed by atoms with Gasteiger partial charge in [-0.05, 0) is 59.0 Å². The average molecular weight is 435 g/mol. The maximum Gasteiger partial charge on any atom is 0.306 e. The minimum Gasteiger partial charge on any atom is -0.461 e. The third-order valence-electron chi connectivity index (χ3n) is 5.01. The summed E-state index contributed by atoms with van der Waals surface area (Å²) in [5.41, 5.74) is 2.53. The zero-order chi connectivity index (χ0) is 23.2. The molecular weight excluding hydrogens is 388 g/mol. The monoisotopic (exact) mass is 434 g/mol. The van der Waals surface area contributed by atoms with Crippen LogP contribution in [-0.4, -0.2) is 25.2 Å². The van der Waals surface area contributed by atoms with E-state index in [4.69, 9.17) is 9.47 Å². The van der Waals surface area contributed by atoms with Crippen LogP contribution >= 0.6 is 0 Å². The smallest absolute Gasteiger partial charge is 0.306 e. The highest BCUT2D eigenvalue weighted by Gasteiger charge is 2.06. The fourth-order valence-corrected chi connectivity index (χ4v) is 3.04. The Morgan fingerprint density at radius 2 is 1.26 bits per heavy atom. The van der Waals surface area contributed by atoms with Crippen LogP contribution in [0.4, 0.5) is 0 Å². The Balaban J connectivity index is 3.61. The molecule has 178 valence electrons. The van der Waals surface area contributed by atoms with Gasteiger partial charge >= 0.3 is 11.9 Å². The predicted molar refractivity (Wildman–Crippen MR) is 130 cm³/mol. The number of carbonyl (C=O) groups excluding carboxylic acids is 2. The third kappa shape index (κ3) is 22.7. The first-order valence-electron chi connectivity index (χ1n) is 12.2. The van der Waals surface area contributed by atoms with E-state index in [2.05, 4.69) is 32.9 Å². The summed E-state index contributed by atoms with van der Waals surface area (Å²) in [6.45, 7) is 9.08. The van der Waals surface area contributed by atoms with E-state index in [1.165, 1.54) is 56.1 Å². The summed E-state index contributed by atoms with van der Waals surface area (Å²) in [5.74, 6) is -0.529. The number of ether oxygens (including phenoxy) is 2. The molecule has 0 amide bonds. The maximum absolute atomic E-state index is 11.7. The predicted octanol–water partition coefficient (Wildman–Crippen LogP) is 7.63. The van der Waals surface area contributed by atoms with Crippen LogP contribution in [0.3, 0.4) is 0 Å². The molecule has 0 unspecified atom stereocenters. The van der Waals surface area contributed by atoms with Gasteiger partial charge < -0.3 is 9.47 Å². The van der Waals surface area contributed by atoms with Crippen molar-refractivity contribution in [3.63, 3.8) is 0 Å². The number of rotatable bonds is 19. The minimum absolute atomic E-state index is 0.244. The quantitative estimate of drug-likeness (QED) is 0.119. The second-order valence-electron chi connectivity index (χ2n) is 8.47. The fraction of sp³-hybridized carbons (Fsp3) is 0.704. The highest BCUT2D eigenvalue weighted by Crippen LogP contribution is 2.09. The van der Waals surface area contributed by atoms with Gasteiger partial charge in [-0.25, -0.2) is 0 Å². The summed E-state index contributed by atoms with van der Waals surface area (Å²) in [4.78, 5) is 23.5. The summed E-state index contributed by atoms with van der Waals surface area (Å²) in [5, 5.41) is 0. The Morgan fingerprint density at radius 3 is 1.90 bits per heavy atom. The van der Waals surface area contributed by atoms with Crippen LogP contribution in [0.1, 0.15) is 111 Å². The van der Waals surface area contributed by atoms with Gasteiger partial charge in [0.25, 0.3) is 0 Å². The molecule has 0 heterocycles. The lowest BCUT2D eigenvalue weighted by Gasteiger charge is -2.04. The second-order valence-corrected chi connectivity index (χ2v) is 8.47. The van der Waals surface area contributed by atoms with Crippen LogP contribution in [0.15, 0.2) is 35.5 Å². The Bertz CT molecular complexity index is 554. The molecule has 0 aliphatic heterocycles. The van der Waals surface area contributed by atoms with Crippen molar-refractivity contribution in [1.82, 2.24) is 0 Å². The molecule has 0 N–H and O–H groups in total. The molecule has 0 fully saturated rings. The molecule has 0 radical (unpaired) electrons. The van der Waals surface area contributed by atoms with Crippen molar-refractivity contribution in [2.24, 2.45) is 0 Å². The molecule has 0 aliphatic rings. The maximum atomic E-state index is 11.7. The van der Waals surface area contributed by atoms with Gasteiger partial charge in [0.2, 0.25) is 0 Å². The minimum atomic E-state index is -0.268. The van der Waals surface area contributed by atoms with Gasteiger partial charge in [-0.1, -0.05) is 74.8 Å². The number of hydrogen-bond donors (Lipinski definition) is 0. The first-order chi connectivity index (χ1) is 15.0. The Morgan fingerprint density at radius 1 is 0.645 bits per heavy atom. The standard InChI is InChI=1S/C27H46O4/c1-5-6-7-8-9-10-11-12-13-14-22-30-26(28)19-16-20-27(29)31-23-21-25(4)18-15-17-24(2)3/h13-14,17,21H,5-12,15-16,18-20,22-23H2,1-4H3/b14-13+,25-21+.